The van der Waals surface area contributed by atoms with E-state index < -0.39 is 0 Å². The second-order valence-electron chi connectivity index (χ2n) is 3.36. The van der Waals surface area contributed by atoms with Crippen LogP contribution in [-0.2, 0) is 4.79 Å². The van der Waals surface area contributed by atoms with E-state index in [4.69, 9.17) is 0 Å². The van der Waals surface area contributed by atoms with Gasteiger partial charge in [0, 0.05) is 6.42 Å². The summed E-state index contributed by atoms with van der Waals surface area (Å²) in [5.74, 6) is 0.242. The van der Waals surface area contributed by atoms with Gasteiger partial charge in [-0.15, -0.1) is 0 Å². The van der Waals surface area contributed by atoms with Crippen LogP contribution < -0.4 is 0 Å². The molecule has 0 amide bonds. The van der Waals surface area contributed by atoms with Crippen molar-refractivity contribution in [2.45, 2.75) is 52.4 Å². The Morgan fingerprint density at radius 2 is 1.85 bits per heavy atom. The summed E-state index contributed by atoms with van der Waals surface area (Å²) in [7, 11) is 0. The minimum absolute atomic E-state index is 0.242. The Morgan fingerprint density at radius 1 is 1.23 bits per heavy atom. The molecule has 0 aromatic carbocycles. The number of ketones is 1. The van der Waals surface area contributed by atoms with Crippen LogP contribution in [0.5, 0.6) is 0 Å². The van der Waals surface area contributed by atoms with Crippen molar-refractivity contribution < 1.29 is 4.79 Å². The summed E-state index contributed by atoms with van der Waals surface area (Å²) in [6, 6.07) is 0. The topological polar surface area (TPSA) is 17.1 Å². The molecule has 0 aliphatic carbocycles. The second-order valence-corrected chi connectivity index (χ2v) is 4.61. The summed E-state index contributed by atoms with van der Waals surface area (Å²) in [6.07, 6.45) is 8.41. The average molecular weight is 247 g/mol. The molecule has 76 valence electrons. The molecule has 0 aliphatic heterocycles. The molecule has 0 radical (unpaired) electrons. The van der Waals surface area contributed by atoms with E-state index in [1.165, 1.54) is 25.7 Å². The fourth-order valence-electron chi connectivity index (χ4n) is 1.20. The van der Waals surface area contributed by atoms with Crippen LogP contribution in [0.15, 0.2) is 10.6 Å². The fourth-order valence-corrected chi connectivity index (χ4v) is 1.45. The largest absolute Gasteiger partial charge is 0.295 e. The minimum atomic E-state index is 0.242. The highest BCUT2D eigenvalue weighted by atomic mass is 79.9. The predicted octanol–water partition coefficient (Wildman–Crippen LogP) is 4.21. The Labute approximate surface area is 89.7 Å². The molecule has 0 heterocycles. The van der Waals surface area contributed by atoms with E-state index in [9.17, 15) is 4.79 Å². The third kappa shape index (κ3) is 9.81. The Kier molecular flexibility index (Phi) is 8.41. The number of hydrogen-bond acceptors (Lipinski definition) is 1. The Balaban J connectivity index is 3.33. The van der Waals surface area contributed by atoms with Crippen LogP contribution in [0.4, 0.5) is 0 Å². The van der Waals surface area contributed by atoms with Crippen LogP contribution in [0.2, 0.25) is 0 Å². The molecular weight excluding hydrogens is 228 g/mol. The number of rotatable bonds is 7. The van der Waals surface area contributed by atoms with Crippen molar-refractivity contribution in [3.05, 3.63) is 10.6 Å². The molecular formula is C11H19BrO. The average Bonchev–Trinajstić information content (AvgIpc) is 2.02. The predicted molar refractivity (Wildman–Crippen MR) is 61.1 cm³/mol. The first-order valence-electron chi connectivity index (χ1n) is 5.03. The molecule has 0 aromatic heterocycles. The summed E-state index contributed by atoms with van der Waals surface area (Å²) < 4.78 is 0.922. The SMILES string of the molecule is CCCCCCCC(=O)/C=C(\C)Br. The molecule has 0 unspecified atom stereocenters. The van der Waals surface area contributed by atoms with Gasteiger partial charge in [-0.1, -0.05) is 48.5 Å². The van der Waals surface area contributed by atoms with Gasteiger partial charge in [0.2, 0.25) is 0 Å². The van der Waals surface area contributed by atoms with Gasteiger partial charge in [-0.3, -0.25) is 4.79 Å². The zero-order valence-electron chi connectivity index (χ0n) is 8.61. The Morgan fingerprint density at radius 3 is 2.38 bits per heavy atom. The van der Waals surface area contributed by atoms with Gasteiger partial charge in [0.1, 0.15) is 0 Å². The van der Waals surface area contributed by atoms with Crippen molar-refractivity contribution >= 4 is 21.7 Å². The van der Waals surface area contributed by atoms with E-state index in [-0.39, 0.29) is 5.78 Å². The molecule has 1 nitrogen and oxygen atoms in total. The molecule has 0 saturated carbocycles. The lowest BCUT2D eigenvalue weighted by molar-refractivity contribution is -0.114. The maximum absolute atomic E-state index is 11.2. The van der Waals surface area contributed by atoms with Crippen LogP contribution in [0.25, 0.3) is 0 Å². The molecule has 0 bridgehead atoms. The molecule has 2 heteroatoms. The van der Waals surface area contributed by atoms with Crippen molar-refractivity contribution in [2.24, 2.45) is 0 Å². The molecule has 0 fully saturated rings. The molecule has 0 spiro atoms. The number of carbonyl (C=O) groups excluding carboxylic acids is 1. The van der Waals surface area contributed by atoms with Gasteiger partial charge >= 0.3 is 0 Å². The first-order valence-corrected chi connectivity index (χ1v) is 5.82. The van der Waals surface area contributed by atoms with E-state index in [1.807, 2.05) is 6.92 Å². The standard InChI is InChI=1S/C11H19BrO/c1-3-4-5-6-7-8-11(13)9-10(2)12/h9H,3-8H2,1-2H3/b10-9+. The third-order valence-corrected chi connectivity index (χ3v) is 2.12. The van der Waals surface area contributed by atoms with Crippen LogP contribution in [0, 0.1) is 0 Å². The lowest BCUT2D eigenvalue weighted by Crippen LogP contribution is -1.92. The van der Waals surface area contributed by atoms with Gasteiger partial charge in [-0.05, 0) is 23.9 Å². The zero-order valence-corrected chi connectivity index (χ0v) is 10.2. The molecule has 0 aliphatic rings. The molecule has 13 heavy (non-hydrogen) atoms. The molecule has 0 N–H and O–H groups in total. The molecule has 0 atom stereocenters. The van der Waals surface area contributed by atoms with E-state index in [1.54, 1.807) is 6.08 Å². The van der Waals surface area contributed by atoms with Crippen LogP contribution >= 0.6 is 15.9 Å². The van der Waals surface area contributed by atoms with Crippen molar-refractivity contribution in [1.29, 1.82) is 0 Å². The number of allylic oxidation sites excluding steroid dienone is 2. The summed E-state index contributed by atoms with van der Waals surface area (Å²) in [5.41, 5.74) is 0. The van der Waals surface area contributed by atoms with E-state index in [2.05, 4.69) is 22.9 Å². The maximum atomic E-state index is 11.2. The van der Waals surface area contributed by atoms with Crippen LogP contribution in [0.1, 0.15) is 52.4 Å². The lowest BCUT2D eigenvalue weighted by Gasteiger charge is -1.97. The first-order chi connectivity index (χ1) is 6.16. The van der Waals surface area contributed by atoms with Gasteiger partial charge in [0.15, 0.2) is 5.78 Å². The monoisotopic (exact) mass is 246 g/mol. The number of unbranched alkanes of at least 4 members (excludes halogenated alkanes) is 4. The number of carbonyl (C=O) groups is 1. The first kappa shape index (κ1) is 12.9. The fraction of sp³-hybridized carbons (Fsp3) is 0.727. The Hall–Kier alpha value is -0.110. The van der Waals surface area contributed by atoms with Crippen LogP contribution in [0.3, 0.4) is 0 Å². The highest BCUT2D eigenvalue weighted by Gasteiger charge is 1.97. The summed E-state index contributed by atoms with van der Waals surface area (Å²) in [6.45, 7) is 4.08. The van der Waals surface area contributed by atoms with Gasteiger partial charge < -0.3 is 0 Å². The smallest absolute Gasteiger partial charge is 0.156 e. The number of halogens is 1. The molecule has 0 aromatic rings. The lowest BCUT2D eigenvalue weighted by atomic mass is 10.1. The van der Waals surface area contributed by atoms with Crippen molar-refractivity contribution in [2.75, 3.05) is 0 Å². The van der Waals surface area contributed by atoms with Crippen molar-refractivity contribution in [1.82, 2.24) is 0 Å². The van der Waals surface area contributed by atoms with E-state index in [0.717, 1.165) is 10.9 Å². The van der Waals surface area contributed by atoms with Gasteiger partial charge in [0.25, 0.3) is 0 Å². The van der Waals surface area contributed by atoms with Crippen molar-refractivity contribution in [3.8, 4) is 0 Å². The summed E-state index contributed by atoms with van der Waals surface area (Å²) in [4.78, 5) is 11.2. The Bertz CT molecular complexity index is 169. The minimum Gasteiger partial charge on any atom is -0.295 e. The van der Waals surface area contributed by atoms with Crippen molar-refractivity contribution in [3.63, 3.8) is 0 Å². The maximum Gasteiger partial charge on any atom is 0.156 e. The van der Waals surface area contributed by atoms with E-state index >= 15 is 0 Å². The zero-order chi connectivity index (χ0) is 10.1. The second kappa shape index (κ2) is 8.49. The van der Waals surface area contributed by atoms with Crippen LogP contribution in [-0.4, -0.2) is 5.78 Å². The number of hydrogen-bond donors (Lipinski definition) is 0. The van der Waals surface area contributed by atoms with Gasteiger partial charge in [-0.25, -0.2) is 0 Å². The van der Waals surface area contributed by atoms with Gasteiger partial charge in [0.05, 0.1) is 0 Å². The molecule has 0 saturated heterocycles. The third-order valence-electron chi connectivity index (χ3n) is 1.89. The normalized spacial score (nSPS) is 11.8. The summed E-state index contributed by atoms with van der Waals surface area (Å²) in [5, 5.41) is 0. The quantitative estimate of drug-likeness (QED) is 0.486. The molecule has 0 rings (SSSR count). The summed E-state index contributed by atoms with van der Waals surface area (Å²) >= 11 is 3.25. The van der Waals surface area contributed by atoms with Gasteiger partial charge in [-0.2, -0.15) is 0 Å². The highest BCUT2D eigenvalue weighted by molar-refractivity contribution is 9.11. The van der Waals surface area contributed by atoms with E-state index in [0.29, 0.717) is 6.42 Å². The highest BCUT2D eigenvalue weighted by Crippen LogP contribution is 2.08.